The van der Waals surface area contributed by atoms with E-state index in [2.05, 4.69) is 5.10 Å². The third-order valence-electron chi connectivity index (χ3n) is 2.06. The molecule has 0 atom stereocenters. The molecule has 0 saturated heterocycles. The third-order valence-corrected chi connectivity index (χ3v) is 3.11. The second-order valence-electron chi connectivity index (χ2n) is 3.19. The summed E-state index contributed by atoms with van der Waals surface area (Å²) in [7, 11) is 0. The van der Waals surface area contributed by atoms with Crippen LogP contribution in [0.25, 0.3) is 5.69 Å². The van der Waals surface area contributed by atoms with Crippen molar-refractivity contribution in [3.05, 3.63) is 60.0 Å². The lowest BCUT2D eigenvalue weighted by atomic mass is 10.3. The molecule has 88 valence electrons. The molecule has 0 aliphatic heterocycles. The number of aromatic nitrogens is 2. The number of hydrogen-bond donors (Lipinski definition) is 1. The molecule has 0 aliphatic carbocycles. The van der Waals surface area contributed by atoms with Crippen LogP contribution in [0.3, 0.4) is 0 Å². The summed E-state index contributed by atoms with van der Waals surface area (Å²) in [5, 5.41) is 2.09. The summed E-state index contributed by atoms with van der Waals surface area (Å²) in [6.45, 7) is 0. The zero-order valence-electron chi connectivity index (χ0n) is 8.21. The van der Waals surface area contributed by atoms with E-state index < -0.39 is 11.1 Å². The van der Waals surface area contributed by atoms with Crippen LogP contribution in [-0.2, 0) is 0 Å². The SMILES string of the molecule is O=c1[nH]n(-c2cccc(Cl)c2)c(=O)c(Cl)c1Cl. The van der Waals surface area contributed by atoms with E-state index in [4.69, 9.17) is 34.8 Å². The third kappa shape index (κ3) is 2.24. The molecular formula is C10H5Cl3N2O2. The van der Waals surface area contributed by atoms with Gasteiger partial charge in [0.2, 0.25) is 0 Å². The molecule has 4 nitrogen and oxygen atoms in total. The van der Waals surface area contributed by atoms with Crippen molar-refractivity contribution in [2.75, 3.05) is 0 Å². The van der Waals surface area contributed by atoms with Crippen LogP contribution >= 0.6 is 34.8 Å². The number of aromatic amines is 1. The van der Waals surface area contributed by atoms with Gasteiger partial charge in [-0.2, -0.15) is 0 Å². The predicted octanol–water partition coefficient (Wildman–Crippen LogP) is 2.49. The quantitative estimate of drug-likeness (QED) is 0.877. The van der Waals surface area contributed by atoms with E-state index in [1.165, 1.54) is 6.07 Å². The van der Waals surface area contributed by atoms with Gasteiger partial charge in [-0.25, -0.2) is 4.68 Å². The first-order valence-electron chi connectivity index (χ1n) is 4.47. The van der Waals surface area contributed by atoms with Gasteiger partial charge in [0, 0.05) is 5.02 Å². The van der Waals surface area contributed by atoms with Gasteiger partial charge in [0.05, 0.1) is 5.69 Å². The molecule has 1 N–H and O–H groups in total. The average Bonchev–Trinajstić information content (AvgIpc) is 2.31. The number of benzene rings is 1. The number of H-pyrrole nitrogens is 1. The van der Waals surface area contributed by atoms with Gasteiger partial charge < -0.3 is 0 Å². The van der Waals surface area contributed by atoms with Crippen molar-refractivity contribution in [2.45, 2.75) is 0 Å². The summed E-state index contributed by atoms with van der Waals surface area (Å²) in [4.78, 5) is 23.2. The molecule has 1 aromatic heterocycles. The second-order valence-corrected chi connectivity index (χ2v) is 4.38. The molecule has 1 heterocycles. The highest BCUT2D eigenvalue weighted by atomic mass is 35.5. The Hall–Kier alpha value is -1.23. The normalized spacial score (nSPS) is 10.5. The van der Waals surface area contributed by atoms with Gasteiger partial charge in [0.1, 0.15) is 10.0 Å². The Bertz CT molecular complexity index is 691. The van der Waals surface area contributed by atoms with E-state index in [0.29, 0.717) is 10.7 Å². The van der Waals surface area contributed by atoms with Gasteiger partial charge >= 0.3 is 0 Å². The van der Waals surface area contributed by atoms with Gasteiger partial charge in [-0.05, 0) is 18.2 Å². The van der Waals surface area contributed by atoms with Crippen LogP contribution in [0.4, 0.5) is 0 Å². The Balaban J connectivity index is 2.78. The van der Waals surface area contributed by atoms with E-state index in [9.17, 15) is 9.59 Å². The van der Waals surface area contributed by atoms with Crippen molar-refractivity contribution < 1.29 is 0 Å². The average molecular weight is 292 g/mol. The van der Waals surface area contributed by atoms with Crippen LogP contribution in [0.1, 0.15) is 0 Å². The lowest BCUT2D eigenvalue weighted by Gasteiger charge is -2.06. The monoisotopic (exact) mass is 290 g/mol. The van der Waals surface area contributed by atoms with Crippen LogP contribution < -0.4 is 11.1 Å². The maximum Gasteiger partial charge on any atom is 0.290 e. The molecule has 7 heteroatoms. The summed E-state index contributed by atoms with van der Waals surface area (Å²) >= 11 is 17.0. The molecule has 2 rings (SSSR count). The first kappa shape index (κ1) is 12.2. The van der Waals surface area contributed by atoms with E-state index in [1.807, 2.05) is 0 Å². The Morgan fingerprint density at radius 2 is 1.76 bits per heavy atom. The number of nitrogens with zero attached hydrogens (tertiary/aromatic N) is 1. The predicted molar refractivity (Wildman–Crippen MR) is 67.7 cm³/mol. The van der Waals surface area contributed by atoms with E-state index in [0.717, 1.165) is 4.68 Å². The molecule has 17 heavy (non-hydrogen) atoms. The molecule has 0 amide bonds. The lowest BCUT2D eigenvalue weighted by Crippen LogP contribution is -2.29. The van der Waals surface area contributed by atoms with E-state index >= 15 is 0 Å². The number of rotatable bonds is 1. The molecule has 0 unspecified atom stereocenters. The fraction of sp³-hybridized carbons (Fsp3) is 0. The molecule has 2 aromatic rings. The first-order chi connectivity index (χ1) is 8.00. The van der Waals surface area contributed by atoms with Crippen LogP contribution in [-0.4, -0.2) is 9.78 Å². The highest BCUT2D eigenvalue weighted by Gasteiger charge is 2.11. The van der Waals surface area contributed by atoms with Crippen LogP contribution in [0.2, 0.25) is 15.1 Å². The van der Waals surface area contributed by atoms with Crippen molar-refractivity contribution in [3.63, 3.8) is 0 Å². The fourth-order valence-electron chi connectivity index (χ4n) is 1.29. The summed E-state index contributed by atoms with van der Waals surface area (Å²) in [5.41, 5.74) is -0.854. The minimum atomic E-state index is -0.642. The van der Waals surface area contributed by atoms with Gasteiger partial charge in [-0.15, -0.1) is 0 Å². The standard InChI is InChI=1S/C10H5Cl3N2O2/c11-5-2-1-3-6(4-5)15-10(17)8(13)7(12)9(16)14-15/h1-4H,(H,14,16). The largest absolute Gasteiger partial charge is 0.290 e. The van der Waals surface area contributed by atoms with Crippen molar-refractivity contribution in [3.8, 4) is 5.69 Å². The van der Waals surface area contributed by atoms with Crippen LogP contribution in [0.15, 0.2) is 33.9 Å². The van der Waals surface area contributed by atoms with Gasteiger partial charge in [0.25, 0.3) is 11.1 Å². The minimum absolute atomic E-state index is 0.324. The van der Waals surface area contributed by atoms with Crippen LogP contribution in [0, 0.1) is 0 Å². The maximum absolute atomic E-state index is 11.8. The Morgan fingerprint density at radius 1 is 1.06 bits per heavy atom. The smallest absolute Gasteiger partial charge is 0.266 e. The minimum Gasteiger partial charge on any atom is -0.266 e. The van der Waals surface area contributed by atoms with Gasteiger partial charge in [0.15, 0.2) is 0 Å². The first-order valence-corrected chi connectivity index (χ1v) is 5.60. The summed E-state index contributed by atoms with van der Waals surface area (Å²) < 4.78 is 0.989. The zero-order valence-corrected chi connectivity index (χ0v) is 10.5. The summed E-state index contributed by atoms with van der Waals surface area (Å²) in [6.07, 6.45) is 0. The van der Waals surface area contributed by atoms with Crippen molar-refractivity contribution in [2.24, 2.45) is 0 Å². The molecule has 0 saturated carbocycles. The molecular weight excluding hydrogens is 286 g/mol. The zero-order chi connectivity index (χ0) is 12.6. The fourth-order valence-corrected chi connectivity index (χ4v) is 1.77. The molecule has 0 spiro atoms. The topological polar surface area (TPSA) is 54.9 Å². The Labute approximate surface area is 110 Å². The molecule has 1 aromatic carbocycles. The van der Waals surface area contributed by atoms with Crippen molar-refractivity contribution in [1.82, 2.24) is 9.78 Å². The van der Waals surface area contributed by atoms with Gasteiger partial charge in [-0.1, -0.05) is 40.9 Å². The van der Waals surface area contributed by atoms with Gasteiger partial charge in [-0.3, -0.25) is 14.7 Å². The highest BCUT2D eigenvalue weighted by molar-refractivity contribution is 6.41. The Kier molecular flexibility index (Phi) is 3.28. The summed E-state index contributed by atoms with van der Waals surface area (Å²) in [6, 6.07) is 6.41. The summed E-state index contributed by atoms with van der Waals surface area (Å²) in [5.74, 6) is 0. The highest BCUT2D eigenvalue weighted by Crippen LogP contribution is 2.15. The molecule has 0 fully saturated rings. The number of hydrogen-bond acceptors (Lipinski definition) is 2. The van der Waals surface area contributed by atoms with Crippen molar-refractivity contribution in [1.29, 1.82) is 0 Å². The molecule has 0 radical (unpaired) electrons. The van der Waals surface area contributed by atoms with E-state index in [1.54, 1.807) is 18.2 Å². The number of nitrogens with one attached hydrogen (secondary N) is 1. The molecule has 0 bridgehead atoms. The Morgan fingerprint density at radius 3 is 2.41 bits per heavy atom. The number of halogens is 3. The lowest BCUT2D eigenvalue weighted by molar-refractivity contribution is 0.786. The molecule has 0 aliphatic rings. The van der Waals surface area contributed by atoms with Crippen molar-refractivity contribution >= 4 is 34.8 Å². The van der Waals surface area contributed by atoms with Crippen LogP contribution in [0.5, 0.6) is 0 Å². The van der Waals surface area contributed by atoms with E-state index in [-0.39, 0.29) is 10.0 Å². The second kappa shape index (κ2) is 4.56. The maximum atomic E-state index is 11.8.